The molecule has 2 unspecified atom stereocenters. The number of nitrogens with zero attached hydrogens (tertiary/aromatic N) is 3. The lowest BCUT2D eigenvalue weighted by Gasteiger charge is -2.23. The molecule has 0 spiro atoms. The monoisotopic (exact) mass is 193 g/mol. The Bertz CT molecular complexity index is 332. The highest BCUT2D eigenvalue weighted by Gasteiger charge is 2.23. The fourth-order valence-corrected chi connectivity index (χ4v) is 1.91. The Morgan fingerprint density at radius 3 is 3.00 bits per heavy atom. The van der Waals surface area contributed by atoms with E-state index >= 15 is 0 Å². The summed E-state index contributed by atoms with van der Waals surface area (Å²) in [6, 6.07) is 0. The van der Waals surface area contributed by atoms with E-state index in [0.717, 1.165) is 25.0 Å². The molecule has 0 amide bonds. The first-order valence-electron chi connectivity index (χ1n) is 4.96. The number of aliphatic hydroxyl groups excluding tert-OH is 1. The summed E-state index contributed by atoms with van der Waals surface area (Å²) in [4.78, 5) is 0. The van der Waals surface area contributed by atoms with E-state index in [1.54, 1.807) is 10.9 Å². The van der Waals surface area contributed by atoms with Crippen LogP contribution in [0.3, 0.4) is 0 Å². The van der Waals surface area contributed by atoms with Crippen molar-refractivity contribution in [1.82, 2.24) is 15.0 Å². The Kier molecular flexibility index (Phi) is 2.63. The van der Waals surface area contributed by atoms with Crippen LogP contribution in [0.4, 0.5) is 0 Å². The Morgan fingerprint density at radius 1 is 1.57 bits per heavy atom. The van der Waals surface area contributed by atoms with Gasteiger partial charge in [-0.2, -0.15) is 0 Å². The first kappa shape index (κ1) is 9.40. The van der Waals surface area contributed by atoms with Gasteiger partial charge in [-0.15, -0.1) is 5.10 Å². The highest BCUT2D eigenvalue weighted by Crippen LogP contribution is 2.30. The molecule has 1 N–H and O–H groups in total. The number of allylic oxidation sites excluding steroid dienone is 2. The Labute approximate surface area is 83.2 Å². The summed E-state index contributed by atoms with van der Waals surface area (Å²) in [7, 11) is 1.81. The summed E-state index contributed by atoms with van der Waals surface area (Å²) in [6.07, 6.45) is 8.58. The Hall–Kier alpha value is -1.16. The minimum Gasteiger partial charge on any atom is -0.386 e. The second kappa shape index (κ2) is 3.92. The average Bonchev–Trinajstić information content (AvgIpc) is 2.65. The van der Waals surface area contributed by atoms with E-state index in [1.807, 2.05) is 7.05 Å². The SMILES string of the molecule is Cn1nncc1C(O)C1CC=CCC1. The molecule has 1 aliphatic rings. The molecule has 1 heterocycles. The third-order valence-corrected chi connectivity index (χ3v) is 2.81. The van der Waals surface area contributed by atoms with Crippen molar-refractivity contribution >= 4 is 0 Å². The number of hydrogen-bond acceptors (Lipinski definition) is 3. The number of rotatable bonds is 2. The van der Waals surface area contributed by atoms with Gasteiger partial charge in [0.1, 0.15) is 6.10 Å². The van der Waals surface area contributed by atoms with Crippen molar-refractivity contribution in [3.63, 3.8) is 0 Å². The van der Waals surface area contributed by atoms with E-state index in [1.165, 1.54) is 0 Å². The maximum atomic E-state index is 10.1. The molecule has 0 fully saturated rings. The lowest BCUT2D eigenvalue weighted by atomic mass is 9.88. The van der Waals surface area contributed by atoms with Crippen LogP contribution in [-0.2, 0) is 7.05 Å². The van der Waals surface area contributed by atoms with Crippen LogP contribution in [-0.4, -0.2) is 20.1 Å². The van der Waals surface area contributed by atoms with Gasteiger partial charge < -0.3 is 5.11 Å². The van der Waals surface area contributed by atoms with Gasteiger partial charge in [-0.25, -0.2) is 4.68 Å². The summed E-state index contributed by atoms with van der Waals surface area (Å²) in [5.41, 5.74) is 0.810. The largest absolute Gasteiger partial charge is 0.386 e. The predicted octanol–water partition coefficient (Wildman–Crippen LogP) is 1.20. The van der Waals surface area contributed by atoms with Gasteiger partial charge >= 0.3 is 0 Å². The van der Waals surface area contributed by atoms with Gasteiger partial charge in [-0.05, 0) is 25.2 Å². The van der Waals surface area contributed by atoms with Crippen LogP contribution in [0, 0.1) is 5.92 Å². The third-order valence-electron chi connectivity index (χ3n) is 2.81. The Balaban J connectivity index is 2.11. The van der Waals surface area contributed by atoms with E-state index < -0.39 is 6.10 Å². The van der Waals surface area contributed by atoms with E-state index in [4.69, 9.17) is 0 Å². The molecule has 2 rings (SSSR count). The molecule has 1 aromatic rings. The molecule has 2 atom stereocenters. The number of aryl methyl sites for hydroxylation is 1. The molecule has 14 heavy (non-hydrogen) atoms. The van der Waals surface area contributed by atoms with E-state index in [-0.39, 0.29) is 0 Å². The molecular weight excluding hydrogens is 178 g/mol. The summed E-state index contributed by atoms with van der Waals surface area (Å²) in [6.45, 7) is 0. The zero-order chi connectivity index (χ0) is 9.97. The zero-order valence-corrected chi connectivity index (χ0v) is 8.30. The fourth-order valence-electron chi connectivity index (χ4n) is 1.91. The topological polar surface area (TPSA) is 50.9 Å². The molecule has 0 aliphatic heterocycles. The van der Waals surface area contributed by atoms with Crippen molar-refractivity contribution in [2.24, 2.45) is 13.0 Å². The van der Waals surface area contributed by atoms with Crippen LogP contribution in [0.25, 0.3) is 0 Å². The van der Waals surface area contributed by atoms with Crippen LogP contribution < -0.4 is 0 Å². The van der Waals surface area contributed by atoms with Gasteiger partial charge in [0.2, 0.25) is 0 Å². The average molecular weight is 193 g/mol. The van der Waals surface area contributed by atoms with Crippen LogP contribution in [0.15, 0.2) is 18.3 Å². The first-order valence-corrected chi connectivity index (χ1v) is 4.96. The molecule has 76 valence electrons. The molecule has 0 saturated heterocycles. The smallest absolute Gasteiger partial charge is 0.100 e. The Morgan fingerprint density at radius 2 is 2.43 bits per heavy atom. The summed E-state index contributed by atoms with van der Waals surface area (Å²) < 4.78 is 1.64. The maximum absolute atomic E-state index is 10.1. The summed E-state index contributed by atoms with van der Waals surface area (Å²) >= 11 is 0. The highest BCUT2D eigenvalue weighted by molar-refractivity contribution is 5.03. The van der Waals surface area contributed by atoms with Crippen LogP contribution in [0.2, 0.25) is 0 Å². The first-order chi connectivity index (χ1) is 6.79. The second-order valence-electron chi connectivity index (χ2n) is 3.77. The molecule has 0 saturated carbocycles. The highest BCUT2D eigenvalue weighted by atomic mass is 16.3. The zero-order valence-electron chi connectivity index (χ0n) is 8.30. The fraction of sp³-hybridized carbons (Fsp3) is 0.600. The molecular formula is C10H15N3O. The second-order valence-corrected chi connectivity index (χ2v) is 3.77. The molecule has 4 heteroatoms. The summed E-state index contributed by atoms with van der Waals surface area (Å²) in [5.74, 6) is 0.317. The molecule has 0 aromatic carbocycles. The lowest BCUT2D eigenvalue weighted by molar-refractivity contribution is 0.0946. The van der Waals surface area contributed by atoms with Crippen molar-refractivity contribution in [2.45, 2.75) is 25.4 Å². The molecule has 1 aromatic heterocycles. The van der Waals surface area contributed by atoms with Crippen molar-refractivity contribution in [1.29, 1.82) is 0 Å². The maximum Gasteiger partial charge on any atom is 0.100 e. The van der Waals surface area contributed by atoms with Crippen LogP contribution >= 0.6 is 0 Å². The van der Waals surface area contributed by atoms with Crippen molar-refractivity contribution < 1.29 is 5.11 Å². The van der Waals surface area contributed by atoms with Gasteiger partial charge in [-0.3, -0.25) is 0 Å². The van der Waals surface area contributed by atoms with Crippen LogP contribution in [0.1, 0.15) is 31.1 Å². The van der Waals surface area contributed by atoms with E-state index in [2.05, 4.69) is 22.5 Å². The molecule has 4 nitrogen and oxygen atoms in total. The summed E-state index contributed by atoms with van der Waals surface area (Å²) in [5, 5.41) is 17.7. The lowest BCUT2D eigenvalue weighted by Crippen LogP contribution is -2.16. The molecule has 0 radical (unpaired) electrons. The van der Waals surface area contributed by atoms with Crippen molar-refractivity contribution in [3.05, 3.63) is 24.0 Å². The van der Waals surface area contributed by atoms with Crippen molar-refractivity contribution in [2.75, 3.05) is 0 Å². The number of aromatic nitrogens is 3. The van der Waals surface area contributed by atoms with Crippen molar-refractivity contribution in [3.8, 4) is 0 Å². The standard InChI is InChI=1S/C10H15N3O/c1-13-9(7-11-12-13)10(14)8-5-3-2-4-6-8/h2-3,7-8,10,14H,4-6H2,1H3. The number of hydrogen-bond donors (Lipinski definition) is 1. The molecule has 1 aliphatic carbocycles. The van der Waals surface area contributed by atoms with Crippen LogP contribution in [0.5, 0.6) is 0 Å². The normalized spacial score (nSPS) is 23.7. The molecule has 0 bridgehead atoms. The number of aliphatic hydroxyl groups is 1. The van der Waals surface area contributed by atoms with Gasteiger partial charge in [0, 0.05) is 7.05 Å². The third kappa shape index (κ3) is 1.70. The van der Waals surface area contributed by atoms with Gasteiger partial charge in [-0.1, -0.05) is 17.4 Å². The predicted molar refractivity (Wildman–Crippen MR) is 52.4 cm³/mol. The minimum atomic E-state index is -0.431. The van der Waals surface area contributed by atoms with E-state index in [9.17, 15) is 5.11 Å². The minimum absolute atomic E-state index is 0.317. The van der Waals surface area contributed by atoms with E-state index in [0.29, 0.717) is 5.92 Å². The van der Waals surface area contributed by atoms with Gasteiger partial charge in [0.25, 0.3) is 0 Å². The van der Waals surface area contributed by atoms with Gasteiger partial charge in [0.15, 0.2) is 0 Å². The quantitative estimate of drug-likeness (QED) is 0.718. The van der Waals surface area contributed by atoms with Gasteiger partial charge in [0.05, 0.1) is 11.9 Å².